The van der Waals surface area contributed by atoms with Crippen molar-refractivity contribution in [1.29, 1.82) is 0 Å². The van der Waals surface area contributed by atoms with Crippen LogP contribution in [0.5, 0.6) is 5.75 Å². The lowest BCUT2D eigenvalue weighted by atomic mass is 9.73. The Morgan fingerprint density at radius 1 is 0.812 bits per heavy atom. The molecule has 32 heavy (non-hydrogen) atoms. The Bertz CT molecular complexity index is 878. The Morgan fingerprint density at radius 2 is 1.34 bits per heavy atom. The van der Waals surface area contributed by atoms with Crippen molar-refractivity contribution in [2.75, 3.05) is 32.2 Å². The second-order valence-electron chi connectivity index (χ2n) is 6.67. The van der Waals surface area contributed by atoms with E-state index in [1.54, 1.807) is 75.4 Å². The fourth-order valence-electron chi connectivity index (χ4n) is 3.34. The minimum Gasteiger partial charge on any atom is -0.497 e. The third kappa shape index (κ3) is 5.19. The first-order valence-corrected chi connectivity index (χ1v) is 10.4. The van der Waals surface area contributed by atoms with E-state index in [0.717, 1.165) is 0 Å². The van der Waals surface area contributed by atoms with Crippen LogP contribution in [-0.2, 0) is 34.0 Å². The van der Waals surface area contributed by atoms with Gasteiger partial charge in [0.25, 0.3) is 0 Å². The predicted octanol–water partition coefficient (Wildman–Crippen LogP) is 3.10. The summed E-state index contributed by atoms with van der Waals surface area (Å²) in [6, 6.07) is 13.5. The van der Waals surface area contributed by atoms with Gasteiger partial charge in [-0.2, -0.15) is 0 Å². The van der Waals surface area contributed by atoms with E-state index >= 15 is 0 Å². The molecular weight excluding hydrogens is 414 g/mol. The summed E-state index contributed by atoms with van der Waals surface area (Å²) in [6.45, 7) is 4.94. The van der Waals surface area contributed by atoms with Crippen molar-refractivity contribution < 1.29 is 33.3 Å². The van der Waals surface area contributed by atoms with Crippen LogP contribution in [0.25, 0.3) is 0 Å². The Labute approximate surface area is 187 Å². The van der Waals surface area contributed by atoms with Crippen LogP contribution in [0.3, 0.4) is 0 Å². The molecule has 2 aromatic rings. The number of anilines is 1. The molecule has 0 unspecified atom stereocenters. The van der Waals surface area contributed by atoms with E-state index in [1.165, 1.54) is 7.11 Å². The van der Waals surface area contributed by atoms with Gasteiger partial charge in [0.2, 0.25) is 5.41 Å². The molecule has 8 nitrogen and oxygen atoms in total. The standard InChI is InChI=1S/C24H29NO7/c1-5-30-21(26)20(25-18-13-15-19(29-4)16-14-18)24(22(27)31-6-2,23(28)32-7-3)17-11-9-8-10-12-17/h8-16,20,25H,5-7H2,1-4H3/t20-/m1/s1. The van der Waals surface area contributed by atoms with Crippen molar-refractivity contribution in [3.63, 3.8) is 0 Å². The average molecular weight is 443 g/mol. The average Bonchev–Trinajstić information content (AvgIpc) is 2.80. The van der Waals surface area contributed by atoms with Gasteiger partial charge in [-0.25, -0.2) is 4.79 Å². The zero-order valence-electron chi connectivity index (χ0n) is 18.8. The predicted molar refractivity (Wildman–Crippen MR) is 118 cm³/mol. The van der Waals surface area contributed by atoms with Gasteiger partial charge in [0, 0.05) is 5.69 Å². The molecule has 0 aliphatic rings. The third-order valence-corrected chi connectivity index (χ3v) is 4.78. The highest BCUT2D eigenvalue weighted by Gasteiger charge is 2.60. The molecule has 0 aromatic heterocycles. The van der Waals surface area contributed by atoms with Gasteiger partial charge in [-0.05, 0) is 50.6 Å². The first-order chi connectivity index (χ1) is 15.4. The molecule has 1 atom stereocenters. The van der Waals surface area contributed by atoms with Gasteiger partial charge in [-0.15, -0.1) is 0 Å². The van der Waals surface area contributed by atoms with Crippen molar-refractivity contribution in [3.05, 3.63) is 60.2 Å². The second-order valence-corrected chi connectivity index (χ2v) is 6.67. The molecular formula is C24H29NO7. The number of nitrogens with one attached hydrogen (secondary N) is 1. The number of esters is 3. The summed E-state index contributed by atoms with van der Waals surface area (Å²) >= 11 is 0. The number of ether oxygens (including phenoxy) is 4. The van der Waals surface area contributed by atoms with Gasteiger partial charge in [0.05, 0.1) is 26.9 Å². The Kier molecular flexibility index (Phi) is 9.07. The van der Waals surface area contributed by atoms with Crippen LogP contribution in [0.4, 0.5) is 5.69 Å². The molecule has 0 heterocycles. The highest BCUT2D eigenvalue weighted by Crippen LogP contribution is 2.35. The smallest absolute Gasteiger partial charge is 0.330 e. The lowest BCUT2D eigenvalue weighted by Gasteiger charge is -2.36. The first kappa shape index (κ1) is 24.7. The normalized spacial score (nSPS) is 11.8. The fourth-order valence-corrected chi connectivity index (χ4v) is 3.34. The van der Waals surface area contributed by atoms with Crippen molar-refractivity contribution >= 4 is 23.6 Å². The molecule has 2 rings (SSSR count). The Balaban J connectivity index is 2.74. The molecule has 0 bridgehead atoms. The van der Waals surface area contributed by atoms with E-state index in [0.29, 0.717) is 11.4 Å². The number of hydrogen-bond acceptors (Lipinski definition) is 8. The summed E-state index contributed by atoms with van der Waals surface area (Å²) in [6.07, 6.45) is 0. The van der Waals surface area contributed by atoms with Crippen molar-refractivity contribution in [3.8, 4) is 5.75 Å². The number of benzene rings is 2. The lowest BCUT2D eigenvalue weighted by Crippen LogP contribution is -2.61. The zero-order chi connectivity index (χ0) is 23.6. The highest BCUT2D eigenvalue weighted by molar-refractivity contribution is 6.12. The van der Waals surface area contributed by atoms with Gasteiger partial charge in [-0.1, -0.05) is 30.3 Å². The number of hydrogen-bond donors (Lipinski definition) is 1. The molecule has 0 fully saturated rings. The highest BCUT2D eigenvalue weighted by atomic mass is 16.6. The summed E-state index contributed by atoms with van der Waals surface area (Å²) in [5, 5.41) is 3.00. The maximum absolute atomic E-state index is 13.4. The van der Waals surface area contributed by atoms with E-state index in [9.17, 15) is 14.4 Å². The van der Waals surface area contributed by atoms with Crippen LogP contribution in [0.15, 0.2) is 54.6 Å². The van der Waals surface area contributed by atoms with Crippen molar-refractivity contribution in [2.45, 2.75) is 32.2 Å². The minimum atomic E-state index is -2.14. The molecule has 8 heteroatoms. The summed E-state index contributed by atoms with van der Waals surface area (Å²) in [5.74, 6) is -2.02. The zero-order valence-corrected chi connectivity index (χ0v) is 18.8. The number of rotatable bonds is 11. The quantitative estimate of drug-likeness (QED) is 0.321. The summed E-state index contributed by atoms with van der Waals surface area (Å²) in [5.41, 5.74) is -1.42. The van der Waals surface area contributed by atoms with Gasteiger partial charge in [0.1, 0.15) is 5.75 Å². The van der Waals surface area contributed by atoms with E-state index < -0.39 is 29.4 Å². The van der Waals surface area contributed by atoms with Crippen LogP contribution < -0.4 is 10.1 Å². The number of methoxy groups -OCH3 is 1. The molecule has 0 saturated carbocycles. The summed E-state index contributed by atoms with van der Waals surface area (Å²) in [4.78, 5) is 40.0. The Hall–Kier alpha value is -3.55. The fraction of sp³-hybridized carbons (Fsp3) is 0.375. The van der Waals surface area contributed by atoms with Crippen molar-refractivity contribution in [1.82, 2.24) is 0 Å². The first-order valence-electron chi connectivity index (χ1n) is 10.4. The molecule has 0 radical (unpaired) electrons. The van der Waals surface area contributed by atoms with Gasteiger partial charge in [0.15, 0.2) is 6.04 Å². The van der Waals surface area contributed by atoms with Gasteiger partial charge < -0.3 is 24.3 Å². The molecule has 0 aliphatic heterocycles. The van der Waals surface area contributed by atoms with Gasteiger partial charge >= 0.3 is 17.9 Å². The molecule has 0 spiro atoms. The Morgan fingerprint density at radius 3 is 1.81 bits per heavy atom. The van der Waals surface area contributed by atoms with Gasteiger partial charge in [-0.3, -0.25) is 9.59 Å². The molecule has 1 N–H and O–H groups in total. The van der Waals surface area contributed by atoms with E-state index in [4.69, 9.17) is 18.9 Å². The van der Waals surface area contributed by atoms with Crippen LogP contribution in [0.1, 0.15) is 26.3 Å². The minimum absolute atomic E-state index is 0.00486. The SMILES string of the molecule is CCOC(=O)[C@@H](Nc1ccc(OC)cc1)C(C(=O)OCC)(C(=O)OCC)c1ccccc1. The molecule has 0 saturated heterocycles. The maximum Gasteiger partial charge on any atom is 0.330 e. The van der Waals surface area contributed by atoms with Crippen LogP contribution in [0.2, 0.25) is 0 Å². The molecule has 0 aliphatic carbocycles. The topological polar surface area (TPSA) is 100 Å². The monoisotopic (exact) mass is 443 g/mol. The molecule has 0 amide bonds. The third-order valence-electron chi connectivity index (χ3n) is 4.78. The maximum atomic E-state index is 13.4. The lowest BCUT2D eigenvalue weighted by molar-refractivity contribution is -0.170. The largest absolute Gasteiger partial charge is 0.497 e. The van der Waals surface area contributed by atoms with E-state index in [1.807, 2.05) is 0 Å². The van der Waals surface area contributed by atoms with E-state index in [-0.39, 0.29) is 25.4 Å². The second kappa shape index (κ2) is 11.7. The summed E-state index contributed by atoms with van der Waals surface area (Å²) < 4.78 is 21.0. The van der Waals surface area contributed by atoms with Crippen LogP contribution in [0, 0.1) is 0 Å². The molecule has 2 aromatic carbocycles. The van der Waals surface area contributed by atoms with Crippen LogP contribution in [-0.4, -0.2) is 50.9 Å². The summed E-state index contributed by atoms with van der Waals surface area (Å²) in [7, 11) is 1.53. The number of carbonyl (C=O) groups is 3. The van der Waals surface area contributed by atoms with Crippen LogP contribution >= 0.6 is 0 Å². The molecule has 172 valence electrons. The van der Waals surface area contributed by atoms with Crippen molar-refractivity contribution in [2.24, 2.45) is 0 Å². The number of carbonyl (C=O) groups excluding carboxylic acids is 3. The van der Waals surface area contributed by atoms with E-state index in [2.05, 4.69) is 5.32 Å².